The Kier molecular flexibility index (Phi) is 6.31. The van der Waals surface area contributed by atoms with Crippen molar-refractivity contribution in [2.75, 3.05) is 0 Å². The zero-order valence-corrected chi connectivity index (χ0v) is 14.5. The lowest BCUT2D eigenvalue weighted by atomic mass is 10.0. The number of carbonyl (C=O) groups excluding carboxylic acids is 1. The van der Waals surface area contributed by atoms with Gasteiger partial charge in [0.2, 0.25) is 5.91 Å². The van der Waals surface area contributed by atoms with Gasteiger partial charge in [-0.05, 0) is 30.0 Å². The molecule has 1 radical (unpaired) electrons. The molecule has 0 aliphatic rings. The van der Waals surface area contributed by atoms with Crippen molar-refractivity contribution in [3.63, 3.8) is 0 Å². The maximum Gasteiger partial charge on any atom is 0.352 e. The minimum absolute atomic E-state index is 0.0616. The van der Waals surface area contributed by atoms with Crippen molar-refractivity contribution < 1.29 is 14.7 Å². The molecule has 117 valence electrons. The molecule has 0 heterocycles. The molecular weight excluding hydrogens is 294 g/mol. The van der Waals surface area contributed by atoms with Crippen LogP contribution in [0.15, 0.2) is 36.6 Å². The van der Waals surface area contributed by atoms with E-state index in [0.717, 1.165) is 22.7 Å². The van der Waals surface area contributed by atoms with Gasteiger partial charge in [0.1, 0.15) is 5.70 Å². The molecule has 1 aromatic carbocycles. The molecular formula is C17H22NO3Si. The minimum atomic E-state index is -1.13. The number of amides is 1. The highest BCUT2D eigenvalue weighted by molar-refractivity contribution is 6.71. The van der Waals surface area contributed by atoms with Crippen LogP contribution in [0.2, 0.25) is 13.1 Å². The van der Waals surface area contributed by atoms with Gasteiger partial charge in [0.25, 0.3) is 0 Å². The fraction of sp³-hybridized carbons (Fsp3) is 0.294. The number of allylic oxidation sites excluding steroid dienone is 2. The van der Waals surface area contributed by atoms with Crippen molar-refractivity contribution in [1.82, 2.24) is 5.32 Å². The van der Waals surface area contributed by atoms with Crippen LogP contribution in [0.5, 0.6) is 0 Å². The van der Waals surface area contributed by atoms with Gasteiger partial charge in [0.05, 0.1) is 8.80 Å². The number of nitrogens with one attached hydrogen (secondary N) is 1. The third-order valence-electron chi connectivity index (χ3n) is 3.30. The summed E-state index contributed by atoms with van der Waals surface area (Å²) in [6.07, 6.45) is 2.63. The zero-order chi connectivity index (χ0) is 16.9. The number of hydrogen-bond acceptors (Lipinski definition) is 2. The maximum absolute atomic E-state index is 11.4. The number of hydrogen-bond donors (Lipinski definition) is 2. The van der Waals surface area contributed by atoms with Crippen molar-refractivity contribution in [2.24, 2.45) is 0 Å². The van der Waals surface area contributed by atoms with E-state index < -0.39 is 14.8 Å². The molecule has 22 heavy (non-hydrogen) atoms. The Morgan fingerprint density at radius 2 is 1.95 bits per heavy atom. The maximum atomic E-state index is 11.4. The van der Waals surface area contributed by atoms with E-state index in [1.54, 1.807) is 6.92 Å². The van der Waals surface area contributed by atoms with Gasteiger partial charge >= 0.3 is 5.97 Å². The highest BCUT2D eigenvalue weighted by Crippen LogP contribution is 2.18. The third kappa shape index (κ3) is 4.43. The summed E-state index contributed by atoms with van der Waals surface area (Å²) in [6, 6.07) is 6.02. The first-order valence-corrected chi connectivity index (χ1v) is 9.54. The third-order valence-corrected chi connectivity index (χ3v) is 4.79. The SMILES string of the molecule is C=CCc1ccc(C(C)=C(NC(C)=O)C(=O)O)c([Si](C)C)c1. The molecule has 5 heteroatoms. The van der Waals surface area contributed by atoms with E-state index in [4.69, 9.17) is 0 Å². The average Bonchev–Trinajstić information content (AvgIpc) is 2.43. The first kappa shape index (κ1) is 17.9. The van der Waals surface area contributed by atoms with Crippen LogP contribution < -0.4 is 10.5 Å². The lowest BCUT2D eigenvalue weighted by Crippen LogP contribution is -2.30. The summed E-state index contributed by atoms with van der Waals surface area (Å²) >= 11 is 0. The second-order valence-corrected chi connectivity index (χ2v) is 7.90. The quantitative estimate of drug-likeness (QED) is 0.481. The van der Waals surface area contributed by atoms with Crippen LogP contribution in [-0.4, -0.2) is 25.8 Å². The molecule has 0 aliphatic heterocycles. The fourth-order valence-electron chi connectivity index (χ4n) is 2.24. The van der Waals surface area contributed by atoms with E-state index in [2.05, 4.69) is 31.1 Å². The molecule has 0 saturated heterocycles. The standard InChI is InChI=1S/C17H22NO3Si/c1-6-7-13-8-9-14(15(10-13)22(4)5)11(2)16(17(20)21)18-12(3)19/h6,8-10H,1,7H2,2-5H3,(H,18,19)(H,20,21). The van der Waals surface area contributed by atoms with Gasteiger partial charge < -0.3 is 10.4 Å². The van der Waals surface area contributed by atoms with Gasteiger partial charge in [-0.15, -0.1) is 6.58 Å². The van der Waals surface area contributed by atoms with Crippen molar-refractivity contribution in [1.29, 1.82) is 0 Å². The largest absolute Gasteiger partial charge is 0.477 e. The van der Waals surface area contributed by atoms with Crippen molar-refractivity contribution in [3.05, 3.63) is 47.7 Å². The van der Waals surface area contributed by atoms with Gasteiger partial charge in [0.15, 0.2) is 0 Å². The van der Waals surface area contributed by atoms with Crippen LogP contribution in [0.1, 0.15) is 25.0 Å². The number of carbonyl (C=O) groups is 2. The number of benzene rings is 1. The first-order chi connectivity index (χ1) is 10.3. The van der Waals surface area contributed by atoms with E-state index in [1.165, 1.54) is 6.92 Å². The topological polar surface area (TPSA) is 66.4 Å². The molecule has 1 amide bonds. The Balaban J connectivity index is 3.47. The Hall–Kier alpha value is -2.14. The van der Waals surface area contributed by atoms with Crippen molar-refractivity contribution >= 4 is 31.4 Å². The van der Waals surface area contributed by atoms with E-state index in [1.807, 2.05) is 18.2 Å². The molecule has 0 aliphatic carbocycles. The Labute approximate surface area is 133 Å². The van der Waals surface area contributed by atoms with Crippen LogP contribution >= 0.6 is 0 Å². The van der Waals surface area contributed by atoms with E-state index >= 15 is 0 Å². The highest BCUT2D eigenvalue weighted by Gasteiger charge is 2.18. The lowest BCUT2D eigenvalue weighted by molar-refractivity contribution is -0.134. The van der Waals surface area contributed by atoms with Gasteiger partial charge in [-0.2, -0.15) is 0 Å². The van der Waals surface area contributed by atoms with Crippen LogP contribution in [-0.2, 0) is 16.0 Å². The molecule has 0 spiro atoms. The molecule has 0 fully saturated rings. The summed E-state index contributed by atoms with van der Waals surface area (Å²) in [6.45, 7) is 11.1. The number of carboxylic acids is 1. The smallest absolute Gasteiger partial charge is 0.352 e. The number of rotatable bonds is 6. The molecule has 0 atom stereocenters. The molecule has 1 aromatic rings. The van der Waals surface area contributed by atoms with E-state index in [0.29, 0.717) is 5.57 Å². The van der Waals surface area contributed by atoms with Crippen molar-refractivity contribution in [2.45, 2.75) is 33.4 Å². The summed E-state index contributed by atoms with van der Waals surface area (Å²) < 4.78 is 0. The Morgan fingerprint density at radius 1 is 1.32 bits per heavy atom. The summed E-state index contributed by atoms with van der Waals surface area (Å²) in [5.41, 5.74) is 2.56. The minimum Gasteiger partial charge on any atom is -0.477 e. The second-order valence-electron chi connectivity index (χ2n) is 5.36. The lowest BCUT2D eigenvalue weighted by Gasteiger charge is -2.16. The van der Waals surface area contributed by atoms with E-state index in [9.17, 15) is 14.7 Å². The van der Waals surface area contributed by atoms with Crippen LogP contribution in [0.3, 0.4) is 0 Å². The first-order valence-electron chi connectivity index (χ1n) is 7.04. The second kappa shape index (κ2) is 7.75. The summed E-state index contributed by atoms with van der Waals surface area (Å²) in [5, 5.41) is 12.9. The summed E-state index contributed by atoms with van der Waals surface area (Å²) in [7, 11) is -0.787. The molecule has 0 bridgehead atoms. The van der Waals surface area contributed by atoms with Crippen LogP contribution in [0, 0.1) is 0 Å². The molecule has 0 aromatic heterocycles. The summed E-state index contributed by atoms with van der Waals surface area (Å²) in [4.78, 5) is 22.7. The van der Waals surface area contributed by atoms with Crippen LogP contribution in [0.4, 0.5) is 0 Å². The molecule has 0 unspecified atom stereocenters. The van der Waals surface area contributed by atoms with Gasteiger partial charge in [0, 0.05) is 6.92 Å². The van der Waals surface area contributed by atoms with Crippen LogP contribution in [0.25, 0.3) is 5.57 Å². The van der Waals surface area contributed by atoms with Crippen molar-refractivity contribution in [3.8, 4) is 0 Å². The Bertz CT molecular complexity index is 633. The predicted molar refractivity (Wildman–Crippen MR) is 91.5 cm³/mol. The number of carboxylic acid groups (broad SMARTS) is 1. The van der Waals surface area contributed by atoms with Gasteiger partial charge in [-0.3, -0.25) is 4.79 Å². The molecule has 4 nitrogen and oxygen atoms in total. The highest BCUT2D eigenvalue weighted by atomic mass is 28.3. The molecule has 0 saturated carbocycles. The van der Waals surface area contributed by atoms with E-state index in [-0.39, 0.29) is 11.6 Å². The summed E-state index contributed by atoms with van der Waals surface area (Å²) in [5.74, 6) is -1.52. The zero-order valence-electron chi connectivity index (χ0n) is 13.5. The predicted octanol–water partition coefficient (Wildman–Crippen LogP) is 2.33. The van der Waals surface area contributed by atoms with Gasteiger partial charge in [-0.25, -0.2) is 4.79 Å². The average molecular weight is 316 g/mol. The Morgan fingerprint density at radius 3 is 2.41 bits per heavy atom. The molecule has 2 N–H and O–H groups in total. The monoisotopic (exact) mass is 316 g/mol. The fourth-order valence-corrected chi connectivity index (χ4v) is 3.53. The normalized spacial score (nSPS) is 11.9. The molecule has 1 rings (SSSR count). The van der Waals surface area contributed by atoms with Gasteiger partial charge in [-0.1, -0.05) is 42.6 Å². The number of aliphatic carboxylic acids is 1.